The minimum absolute atomic E-state index is 0.214. The molecule has 0 fully saturated rings. The minimum Gasteiger partial charge on any atom is -0.350 e. The summed E-state index contributed by atoms with van der Waals surface area (Å²) in [7, 11) is 0. The number of H-pyrrole nitrogens is 1. The van der Waals surface area contributed by atoms with Gasteiger partial charge in [0.15, 0.2) is 0 Å². The van der Waals surface area contributed by atoms with E-state index < -0.39 is 6.04 Å². The zero-order valence-electron chi connectivity index (χ0n) is 18.6. The van der Waals surface area contributed by atoms with Gasteiger partial charge >= 0.3 is 0 Å². The van der Waals surface area contributed by atoms with Crippen LogP contribution >= 0.6 is 0 Å². The lowest BCUT2D eigenvalue weighted by Crippen LogP contribution is -2.38. The number of fused-ring (bicyclic) bond motifs is 2. The standard InChI is InChI=1S/C27H23N5O2/c1-17-23(15-30-32-17)26(33)29-16-25(20-11-10-18-6-2-3-7-19(18)12-20)31-27(34)24-14-28-13-21-8-4-5-9-22(21)24/h2-15,25H,16H2,1H3,(H,29,33)(H,30,32)(H,31,34). The molecule has 34 heavy (non-hydrogen) atoms. The van der Waals surface area contributed by atoms with Crippen LogP contribution in [0.15, 0.2) is 85.3 Å². The number of benzene rings is 3. The van der Waals surface area contributed by atoms with Crippen molar-refractivity contribution in [3.05, 3.63) is 108 Å². The number of aromatic nitrogens is 3. The molecule has 0 aliphatic rings. The quantitative estimate of drug-likeness (QED) is 0.359. The Labute approximate surface area is 196 Å². The molecule has 0 bridgehead atoms. The molecular weight excluding hydrogens is 426 g/mol. The number of nitrogens with one attached hydrogen (secondary N) is 3. The van der Waals surface area contributed by atoms with E-state index in [1.807, 2.05) is 66.7 Å². The predicted octanol–water partition coefficient (Wildman–Crippen LogP) is 4.32. The van der Waals surface area contributed by atoms with Crippen LogP contribution < -0.4 is 10.6 Å². The second kappa shape index (κ2) is 9.15. The van der Waals surface area contributed by atoms with E-state index in [2.05, 4.69) is 25.8 Å². The maximum Gasteiger partial charge on any atom is 0.254 e. The van der Waals surface area contributed by atoms with E-state index in [1.165, 1.54) is 6.20 Å². The Morgan fingerprint density at radius 3 is 2.41 bits per heavy atom. The molecule has 2 amide bonds. The number of amides is 2. The van der Waals surface area contributed by atoms with Gasteiger partial charge in [-0.2, -0.15) is 5.10 Å². The van der Waals surface area contributed by atoms with Crippen molar-refractivity contribution in [2.24, 2.45) is 0 Å². The largest absolute Gasteiger partial charge is 0.350 e. The average molecular weight is 450 g/mol. The molecule has 2 heterocycles. The van der Waals surface area contributed by atoms with Gasteiger partial charge < -0.3 is 10.6 Å². The summed E-state index contributed by atoms with van der Waals surface area (Å²) in [4.78, 5) is 30.3. The van der Waals surface area contributed by atoms with E-state index in [0.717, 1.165) is 27.1 Å². The number of hydrogen-bond acceptors (Lipinski definition) is 4. The number of hydrogen-bond donors (Lipinski definition) is 3. The van der Waals surface area contributed by atoms with Crippen LogP contribution in [0.25, 0.3) is 21.5 Å². The molecule has 0 aliphatic carbocycles. The van der Waals surface area contributed by atoms with Gasteiger partial charge in [-0.05, 0) is 34.7 Å². The Morgan fingerprint density at radius 1 is 0.853 bits per heavy atom. The van der Waals surface area contributed by atoms with Crippen LogP contribution in [0.3, 0.4) is 0 Å². The van der Waals surface area contributed by atoms with Crippen molar-refractivity contribution in [2.45, 2.75) is 13.0 Å². The van der Waals surface area contributed by atoms with Gasteiger partial charge in [-0.15, -0.1) is 0 Å². The van der Waals surface area contributed by atoms with Crippen molar-refractivity contribution in [2.75, 3.05) is 6.54 Å². The number of carbonyl (C=O) groups excluding carboxylic acids is 2. The highest BCUT2D eigenvalue weighted by molar-refractivity contribution is 6.06. The highest BCUT2D eigenvalue weighted by Gasteiger charge is 2.20. The van der Waals surface area contributed by atoms with Gasteiger partial charge in [0, 0.05) is 30.0 Å². The Kier molecular flexibility index (Phi) is 5.74. The van der Waals surface area contributed by atoms with Crippen LogP contribution in [0.2, 0.25) is 0 Å². The minimum atomic E-state index is -0.452. The maximum atomic E-state index is 13.4. The van der Waals surface area contributed by atoms with E-state index in [0.29, 0.717) is 16.8 Å². The van der Waals surface area contributed by atoms with Crippen LogP contribution in [-0.2, 0) is 0 Å². The van der Waals surface area contributed by atoms with Crippen LogP contribution in [0.1, 0.15) is 38.0 Å². The van der Waals surface area contributed by atoms with Crippen molar-refractivity contribution in [1.82, 2.24) is 25.8 Å². The van der Waals surface area contributed by atoms with Gasteiger partial charge in [-0.3, -0.25) is 19.7 Å². The number of pyridine rings is 1. The smallest absolute Gasteiger partial charge is 0.254 e. The lowest BCUT2D eigenvalue weighted by Gasteiger charge is -2.21. The van der Waals surface area contributed by atoms with Gasteiger partial charge in [0.1, 0.15) is 0 Å². The van der Waals surface area contributed by atoms with E-state index in [9.17, 15) is 9.59 Å². The first kappa shape index (κ1) is 21.3. The molecule has 168 valence electrons. The molecule has 2 aromatic heterocycles. The molecule has 5 aromatic rings. The zero-order valence-corrected chi connectivity index (χ0v) is 18.6. The van der Waals surface area contributed by atoms with E-state index in [-0.39, 0.29) is 18.4 Å². The summed E-state index contributed by atoms with van der Waals surface area (Å²) in [5, 5.41) is 16.6. The van der Waals surface area contributed by atoms with E-state index >= 15 is 0 Å². The van der Waals surface area contributed by atoms with Gasteiger partial charge in [0.05, 0.1) is 23.4 Å². The van der Waals surface area contributed by atoms with Crippen LogP contribution in [0.5, 0.6) is 0 Å². The monoisotopic (exact) mass is 449 g/mol. The molecule has 0 radical (unpaired) electrons. The molecule has 5 rings (SSSR count). The molecule has 0 aliphatic heterocycles. The molecule has 0 saturated carbocycles. The van der Waals surface area contributed by atoms with Gasteiger partial charge in [-0.1, -0.05) is 60.7 Å². The SMILES string of the molecule is Cc1[nH]ncc1C(=O)NCC(NC(=O)c1cncc2ccccc12)c1ccc2ccccc2c1. The van der Waals surface area contributed by atoms with E-state index in [4.69, 9.17) is 0 Å². The van der Waals surface area contributed by atoms with Gasteiger partial charge in [-0.25, -0.2) is 0 Å². The summed E-state index contributed by atoms with van der Waals surface area (Å²) in [6.07, 6.45) is 4.80. The van der Waals surface area contributed by atoms with Crippen LogP contribution in [0.4, 0.5) is 0 Å². The van der Waals surface area contributed by atoms with Crippen molar-refractivity contribution >= 4 is 33.4 Å². The zero-order chi connectivity index (χ0) is 23.5. The normalized spacial score (nSPS) is 11.9. The highest BCUT2D eigenvalue weighted by atomic mass is 16.2. The number of carbonyl (C=O) groups is 2. The summed E-state index contributed by atoms with van der Waals surface area (Å²) < 4.78 is 0. The Balaban J connectivity index is 1.45. The molecule has 7 heteroatoms. The lowest BCUT2D eigenvalue weighted by molar-refractivity contribution is 0.0909. The summed E-state index contributed by atoms with van der Waals surface area (Å²) in [5.41, 5.74) is 2.54. The van der Waals surface area contributed by atoms with Gasteiger partial charge in [0.25, 0.3) is 11.8 Å². The number of rotatable bonds is 6. The molecule has 3 aromatic carbocycles. The van der Waals surface area contributed by atoms with Crippen LogP contribution in [0, 0.1) is 6.92 Å². The fraction of sp³-hybridized carbons (Fsp3) is 0.111. The number of aromatic amines is 1. The van der Waals surface area contributed by atoms with E-state index in [1.54, 1.807) is 19.3 Å². The fourth-order valence-corrected chi connectivity index (χ4v) is 4.08. The number of aryl methyl sites for hydroxylation is 1. The lowest BCUT2D eigenvalue weighted by atomic mass is 10.0. The third-order valence-corrected chi connectivity index (χ3v) is 5.94. The Hall–Kier alpha value is -4.52. The van der Waals surface area contributed by atoms with Gasteiger partial charge in [0.2, 0.25) is 0 Å². The predicted molar refractivity (Wildman–Crippen MR) is 132 cm³/mol. The molecule has 0 spiro atoms. The molecule has 7 nitrogen and oxygen atoms in total. The molecule has 3 N–H and O–H groups in total. The first-order valence-corrected chi connectivity index (χ1v) is 11.0. The highest BCUT2D eigenvalue weighted by Crippen LogP contribution is 2.22. The van der Waals surface area contributed by atoms with Crippen molar-refractivity contribution in [3.8, 4) is 0 Å². The molecule has 0 saturated heterocycles. The Morgan fingerprint density at radius 2 is 1.62 bits per heavy atom. The first-order chi connectivity index (χ1) is 16.6. The van der Waals surface area contributed by atoms with Crippen molar-refractivity contribution in [3.63, 3.8) is 0 Å². The number of nitrogens with zero attached hydrogens (tertiary/aromatic N) is 2. The topological polar surface area (TPSA) is 99.8 Å². The third kappa shape index (κ3) is 4.23. The molecule has 1 unspecified atom stereocenters. The summed E-state index contributed by atoms with van der Waals surface area (Å²) in [6, 6.07) is 21.3. The third-order valence-electron chi connectivity index (χ3n) is 5.94. The summed E-state index contributed by atoms with van der Waals surface area (Å²) >= 11 is 0. The molecule has 1 atom stereocenters. The fourth-order valence-electron chi connectivity index (χ4n) is 4.08. The van der Waals surface area contributed by atoms with Crippen molar-refractivity contribution in [1.29, 1.82) is 0 Å². The second-order valence-corrected chi connectivity index (χ2v) is 8.16. The second-order valence-electron chi connectivity index (χ2n) is 8.16. The molecular formula is C27H23N5O2. The maximum absolute atomic E-state index is 13.4. The van der Waals surface area contributed by atoms with Crippen molar-refractivity contribution < 1.29 is 9.59 Å². The average Bonchev–Trinajstić information content (AvgIpc) is 3.31. The van der Waals surface area contributed by atoms with Crippen LogP contribution in [-0.4, -0.2) is 33.5 Å². The Bertz CT molecular complexity index is 1500. The summed E-state index contributed by atoms with van der Waals surface area (Å²) in [6.45, 7) is 2.00. The first-order valence-electron chi connectivity index (χ1n) is 11.0. The summed E-state index contributed by atoms with van der Waals surface area (Å²) in [5.74, 6) is -0.505.